The van der Waals surface area contributed by atoms with Crippen LogP contribution in [0.1, 0.15) is 65.2 Å². The van der Waals surface area contributed by atoms with Gasteiger partial charge in [-0.05, 0) is 18.3 Å². The lowest BCUT2D eigenvalue weighted by Crippen LogP contribution is -2.15. The highest BCUT2D eigenvalue weighted by atomic mass is 14.3. The van der Waals surface area contributed by atoms with Crippen LogP contribution in [0.3, 0.4) is 0 Å². The predicted molar refractivity (Wildman–Crippen MR) is 55.3 cm³/mol. The van der Waals surface area contributed by atoms with Crippen LogP contribution in [0.2, 0.25) is 0 Å². The van der Waals surface area contributed by atoms with E-state index in [1.807, 2.05) is 0 Å². The minimum Gasteiger partial charge on any atom is -0.0654 e. The zero-order valence-corrected chi connectivity index (χ0v) is 8.81. The summed E-state index contributed by atoms with van der Waals surface area (Å²) in [6, 6.07) is 0. The Morgan fingerprint density at radius 1 is 0.917 bits per heavy atom. The topological polar surface area (TPSA) is 0 Å². The van der Waals surface area contributed by atoms with Crippen molar-refractivity contribution in [2.45, 2.75) is 65.2 Å². The maximum Gasteiger partial charge on any atom is -0.0412 e. The van der Waals surface area contributed by atoms with Crippen LogP contribution >= 0.6 is 0 Å². The Kier molecular flexibility index (Phi) is 4.72. The lowest BCUT2D eigenvalue weighted by molar-refractivity contribution is 0.242. The molecule has 12 heavy (non-hydrogen) atoms. The predicted octanol–water partition coefficient (Wildman–Crippen LogP) is 4.39. The van der Waals surface area contributed by atoms with E-state index < -0.39 is 0 Å². The van der Waals surface area contributed by atoms with Crippen molar-refractivity contribution in [1.82, 2.24) is 0 Å². The van der Waals surface area contributed by atoms with Gasteiger partial charge in [-0.2, -0.15) is 0 Å². The first kappa shape index (κ1) is 10.1. The van der Waals surface area contributed by atoms with Gasteiger partial charge in [0.15, 0.2) is 0 Å². The second-order valence-corrected chi connectivity index (χ2v) is 4.48. The van der Waals surface area contributed by atoms with Crippen molar-refractivity contribution in [3.63, 3.8) is 0 Å². The fourth-order valence-electron chi connectivity index (χ4n) is 2.74. The highest BCUT2D eigenvalue weighted by Gasteiger charge is 2.20. The molecule has 1 aliphatic rings. The van der Waals surface area contributed by atoms with Crippen LogP contribution in [0.4, 0.5) is 0 Å². The van der Waals surface area contributed by atoms with E-state index in [1.54, 1.807) is 6.42 Å². The summed E-state index contributed by atoms with van der Waals surface area (Å²) in [4.78, 5) is 0. The van der Waals surface area contributed by atoms with E-state index in [4.69, 9.17) is 0 Å². The summed E-state index contributed by atoms with van der Waals surface area (Å²) in [7, 11) is 0. The minimum atomic E-state index is 1.08. The van der Waals surface area contributed by atoms with Gasteiger partial charge in [-0.1, -0.05) is 58.8 Å². The summed E-state index contributed by atoms with van der Waals surface area (Å²) in [5.74, 6) is 2.17. The highest BCUT2D eigenvalue weighted by Crippen LogP contribution is 2.33. The Hall–Kier alpha value is 0. The van der Waals surface area contributed by atoms with Gasteiger partial charge in [0.2, 0.25) is 0 Å². The van der Waals surface area contributed by atoms with Gasteiger partial charge in [-0.3, -0.25) is 0 Å². The van der Waals surface area contributed by atoms with E-state index in [-0.39, 0.29) is 0 Å². The SMILES string of the molecule is CCCC1CCC[C@H](CCC)C1. The molecular formula is C12H24. The van der Waals surface area contributed by atoms with Crippen LogP contribution < -0.4 is 0 Å². The molecular weight excluding hydrogens is 144 g/mol. The Bertz CT molecular complexity index is 90.6. The summed E-state index contributed by atoms with van der Waals surface area (Å²) in [5, 5.41) is 0. The van der Waals surface area contributed by atoms with Gasteiger partial charge >= 0.3 is 0 Å². The first-order chi connectivity index (χ1) is 5.86. The largest absolute Gasteiger partial charge is 0.0654 e. The monoisotopic (exact) mass is 168 g/mol. The summed E-state index contributed by atoms with van der Waals surface area (Å²) in [6.07, 6.45) is 11.9. The third-order valence-corrected chi connectivity index (χ3v) is 3.29. The minimum absolute atomic E-state index is 1.08. The van der Waals surface area contributed by atoms with E-state index in [0.717, 1.165) is 11.8 Å². The normalized spacial score (nSPS) is 30.5. The van der Waals surface area contributed by atoms with Crippen molar-refractivity contribution in [3.8, 4) is 0 Å². The van der Waals surface area contributed by atoms with E-state index >= 15 is 0 Å². The zero-order chi connectivity index (χ0) is 8.81. The molecule has 1 aliphatic carbocycles. The Morgan fingerprint density at radius 2 is 1.42 bits per heavy atom. The molecule has 0 aliphatic heterocycles. The van der Waals surface area contributed by atoms with E-state index in [9.17, 15) is 0 Å². The van der Waals surface area contributed by atoms with Crippen LogP contribution in [0.15, 0.2) is 0 Å². The van der Waals surface area contributed by atoms with Crippen LogP contribution in [-0.4, -0.2) is 0 Å². The van der Waals surface area contributed by atoms with Crippen molar-refractivity contribution in [1.29, 1.82) is 0 Å². The van der Waals surface area contributed by atoms with Crippen molar-refractivity contribution in [3.05, 3.63) is 0 Å². The lowest BCUT2D eigenvalue weighted by Gasteiger charge is -2.28. The van der Waals surface area contributed by atoms with Crippen LogP contribution in [-0.2, 0) is 0 Å². The maximum atomic E-state index is 2.32. The summed E-state index contributed by atoms with van der Waals surface area (Å²) < 4.78 is 0. The van der Waals surface area contributed by atoms with Gasteiger partial charge in [0, 0.05) is 0 Å². The highest BCUT2D eigenvalue weighted by molar-refractivity contribution is 4.72. The summed E-state index contributed by atoms with van der Waals surface area (Å²) >= 11 is 0. The lowest BCUT2D eigenvalue weighted by atomic mass is 9.78. The molecule has 0 spiro atoms. The van der Waals surface area contributed by atoms with Crippen molar-refractivity contribution >= 4 is 0 Å². The quantitative estimate of drug-likeness (QED) is 0.584. The van der Waals surface area contributed by atoms with Crippen LogP contribution in [0.25, 0.3) is 0 Å². The van der Waals surface area contributed by atoms with E-state index in [1.165, 1.54) is 44.9 Å². The molecule has 0 saturated heterocycles. The van der Waals surface area contributed by atoms with E-state index in [0.29, 0.717) is 0 Å². The third kappa shape index (κ3) is 3.16. The maximum absolute atomic E-state index is 2.32. The van der Waals surface area contributed by atoms with E-state index in [2.05, 4.69) is 13.8 Å². The molecule has 0 bridgehead atoms. The molecule has 0 N–H and O–H groups in total. The summed E-state index contributed by atoms with van der Waals surface area (Å²) in [6.45, 7) is 4.65. The second-order valence-electron chi connectivity index (χ2n) is 4.48. The molecule has 72 valence electrons. The first-order valence-corrected chi connectivity index (χ1v) is 5.86. The van der Waals surface area contributed by atoms with Gasteiger partial charge in [0.25, 0.3) is 0 Å². The van der Waals surface area contributed by atoms with Crippen molar-refractivity contribution in [2.75, 3.05) is 0 Å². The smallest absolute Gasteiger partial charge is 0.0412 e. The number of rotatable bonds is 4. The van der Waals surface area contributed by atoms with Crippen molar-refractivity contribution in [2.24, 2.45) is 11.8 Å². The molecule has 0 nitrogen and oxygen atoms in total. The fraction of sp³-hybridized carbons (Fsp3) is 1.00. The van der Waals surface area contributed by atoms with Gasteiger partial charge in [-0.25, -0.2) is 0 Å². The zero-order valence-electron chi connectivity index (χ0n) is 8.81. The van der Waals surface area contributed by atoms with Gasteiger partial charge in [0.05, 0.1) is 0 Å². The summed E-state index contributed by atoms with van der Waals surface area (Å²) in [5.41, 5.74) is 0. The number of hydrogen-bond acceptors (Lipinski definition) is 0. The Labute approximate surface area is 77.7 Å². The van der Waals surface area contributed by atoms with Crippen molar-refractivity contribution < 1.29 is 0 Å². The average Bonchev–Trinajstić information content (AvgIpc) is 2.06. The third-order valence-electron chi connectivity index (χ3n) is 3.29. The molecule has 0 amide bonds. The molecule has 1 fully saturated rings. The molecule has 0 aromatic rings. The van der Waals surface area contributed by atoms with Crippen LogP contribution in [0.5, 0.6) is 0 Å². The molecule has 0 radical (unpaired) electrons. The standard InChI is InChI=1S/C12H24/c1-3-6-11-8-5-9-12(10-11)7-4-2/h11-12H,3-10H2,1-2H3/t11-,12?/m0/s1. The second kappa shape index (κ2) is 5.61. The molecule has 0 heteroatoms. The van der Waals surface area contributed by atoms with Gasteiger partial charge in [-0.15, -0.1) is 0 Å². The molecule has 1 rings (SSSR count). The molecule has 0 heterocycles. The molecule has 2 atom stereocenters. The molecule has 1 saturated carbocycles. The fourth-order valence-corrected chi connectivity index (χ4v) is 2.74. The van der Waals surface area contributed by atoms with Gasteiger partial charge in [0.1, 0.15) is 0 Å². The van der Waals surface area contributed by atoms with Gasteiger partial charge < -0.3 is 0 Å². The molecule has 0 aromatic carbocycles. The molecule has 0 aromatic heterocycles. The first-order valence-electron chi connectivity index (χ1n) is 5.86. The molecule has 1 unspecified atom stereocenters. The Balaban J connectivity index is 2.20. The average molecular weight is 168 g/mol. The van der Waals surface area contributed by atoms with Crippen LogP contribution in [0, 0.1) is 11.8 Å². The Morgan fingerprint density at radius 3 is 1.83 bits per heavy atom. The number of hydrogen-bond donors (Lipinski definition) is 0.